The molecule has 0 spiro atoms. The van der Waals surface area contributed by atoms with E-state index in [1.807, 2.05) is 0 Å². The topological polar surface area (TPSA) is 70.2 Å². The third-order valence-electron chi connectivity index (χ3n) is 7.51. The highest BCUT2D eigenvalue weighted by molar-refractivity contribution is 7.70. The highest BCUT2D eigenvalue weighted by Gasteiger charge is 2.25. The lowest BCUT2D eigenvalue weighted by Crippen LogP contribution is -2.32. The molecule has 0 unspecified atom stereocenters. The van der Waals surface area contributed by atoms with Crippen LogP contribution in [0.15, 0.2) is 36.5 Å². The van der Waals surface area contributed by atoms with Gasteiger partial charge in [-0.25, -0.2) is 9.37 Å². The van der Waals surface area contributed by atoms with Gasteiger partial charge in [0.1, 0.15) is 18.0 Å². The van der Waals surface area contributed by atoms with E-state index in [1.165, 1.54) is 62.2 Å². The molecule has 2 aromatic carbocycles. The van der Waals surface area contributed by atoms with Gasteiger partial charge in [0.15, 0.2) is 5.82 Å². The van der Waals surface area contributed by atoms with E-state index < -0.39 is 13.0 Å². The van der Waals surface area contributed by atoms with Crippen LogP contribution in [0.4, 0.5) is 27.5 Å². The van der Waals surface area contributed by atoms with Crippen molar-refractivity contribution in [2.75, 3.05) is 37.1 Å². The number of aromatic nitrogens is 2. The molecule has 0 bridgehead atoms. The number of rotatable bonds is 6. The molecule has 6 nitrogen and oxygen atoms in total. The van der Waals surface area contributed by atoms with E-state index in [9.17, 15) is 8.96 Å². The van der Waals surface area contributed by atoms with Crippen LogP contribution < -0.4 is 15.9 Å². The van der Waals surface area contributed by atoms with Gasteiger partial charge in [-0.3, -0.25) is 0 Å². The van der Waals surface area contributed by atoms with Crippen molar-refractivity contribution in [2.45, 2.75) is 51.5 Å². The second-order valence-electron chi connectivity index (χ2n) is 10.5. The number of aryl methyl sites for hydroxylation is 2. The minimum atomic E-state index is -2.77. The molecule has 1 aliphatic heterocycles. The Kier molecular flexibility index (Phi) is 7.58. The van der Waals surface area contributed by atoms with E-state index in [0.29, 0.717) is 39.4 Å². The molecule has 2 heterocycles. The Bertz CT molecular complexity index is 1350. The van der Waals surface area contributed by atoms with Gasteiger partial charge in [-0.1, -0.05) is 17.7 Å². The average Bonchev–Trinajstić information content (AvgIpc) is 3.30. The van der Waals surface area contributed by atoms with Gasteiger partial charge in [0.05, 0.1) is 11.9 Å². The Hall–Kier alpha value is -2.47. The average molecular weight is 542 g/mol. The Morgan fingerprint density at radius 2 is 1.78 bits per heavy atom. The zero-order valence-electron chi connectivity index (χ0n) is 21.7. The van der Waals surface area contributed by atoms with Gasteiger partial charge >= 0.3 is 0 Å². The zero-order valence-corrected chi connectivity index (χ0v) is 23.3. The van der Waals surface area contributed by atoms with Crippen molar-refractivity contribution in [1.82, 2.24) is 14.9 Å². The molecule has 37 heavy (non-hydrogen) atoms. The van der Waals surface area contributed by atoms with Crippen molar-refractivity contribution in [3.63, 3.8) is 0 Å². The van der Waals surface area contributed by atoms with Gasteiger partial charge in [-0.05, 0) is 113 Å². The van der Waals surface area contributed by atoms with E-state index in [0.717, 1.165) is 18.5 Å². The van der Waals surface area contributed by atoms with Crippen LogP contribution in [0.3, 0.4) is 0 Å². The first kappa shape index (κ1) is 26.1. The molecule has 9 heteroatoms. The van der Waals surface area contributed by atoms with Crippen molar-refractivity contribution < 1.29 is 8.96 Å². The summed E-state index contributed by atoms with van der Waals surface area (Å²) in [5.74, 6) is 0.366. The van der Waals surface area contributed by atoms with E-state index >= 15 is 0 Å². The molecule has 1 atom stereocenters. The molecular weight excluding hydrogens is 508 g/mol. The maximum absolute atomic E-state index is 14.2. The number of anilines is 4. The summed E-state index contributed by atoms with van der Waals surface area (Å²) >= 11 is 6.40. The second kappa shape index (κ2) is 10.7. The number of halogens is 2. The molecule has 1 aliphatic carbocycles. The highest BCUT2D eigenvalue weighted by Crippen LogP contribution is 2.41. The third kappa shape index (κ3) is 5.84. The maximum atomic E-state index is 14.2. The summed E-state index contributed by atoms with van der Waals surface area (Å²) < 4.78 is 27.2. The normalized spacial score (nSPS) is 18.4. The summed E-state index contributed by atoms with van der Waals surface area (Å²) in [6, 6.07) is 10.1. The molecular formula is C28H34ClFN5OP. The van der Waals surface area contributed by atoms with E-state index in [1.54, 1.807) is 26.3 Å². The van der Waals surface area contributed by atoms with Crippen LogP contribution in [-0.4, -0.2) is 47.3 Å². The van der Waals surface area contributed by atoms with Crippen molar-refractivity contribution in [3.05, 3.63) is 64.1 Å². The van der Waals surface area contributed by atoms with Crippen molar-refractivity contribution >= 4 is 47.2 Å². The summed E-state index contributed by atoms with van der Waals surface area (Å²) in [4.78, 5) is 11.6. The first-order valence-electron chi connectivity index (χ1n) is 13.0. The number of hydrogen-bond donors (Lipinski definition) is 2. The number of nitrogens with one attached hydrogen (secondary N) is 2. The zero-order chi connectivity index (χ0) is 26.2. The second-order valence-corrected chi connectivity index (χ2v) is 14.1. The fraction of sp³-hybridized carbons (Fsp3) is 0.429. The maximum Gasteiger partial charge on any atom is 0.229 e. The molecule has 2 N–H and O–H groups in total. The van der Waals surface area contributed by atoms with E-state index in [-0.39, 0.29) is 0 Å². The van der Waals surface area contributed by atoms with Crippen LogP contribution >= 0.6 is 18.7 Å². The molecule has 1 fully saturated rings. The van der Waals surface area contributed by atoms with Crippen LogP contribution in [0.2, 0.25) is 5.02 Å². The standard InChI is InChI=1S/C28H34ClFN5OP/c1-18-24(30)12-13-25(26(18)37(2,3)36)33-27-23(29)17-31-28(34-27)32-21-9-6-19-7-10-22(11-8-20(19)16-21)35-14-4-5-15-35/h6,9,12-13,16-17,22H,4-5,7-8,10-11,14-15H2,1-3H3,(H2,31,32,33,34)/t22-/m0/s1. The van der Waals surface area contributed by atoms with Gasteiger partial charge in [0.2, 0.25) is 5.95 Å². The van der Waals surface area contributed by atoms with Gasteiger partial charge in [0, 0.05) is 17.0 Å². The van der Waals surface area contributed by atoms with Crippen molar-refractivity contribution in [1.29, 1.82) is 0 Å². The Morgan fingerprint density at radius 1 is 1.05 bits per heavy atom. The number of nitrogens with zero attached hydrogens (tertiary/aromatic N) is 3. The first-order valence-corrected chi connectivity index (χ1v) is 15.9. The number of likely N-dealkylation sites (tertiary alicyclic amines) is 1. The predicted molar refractivity (Wildman–Crippen MR) is 152 cm³/mol. The molecule has 5 rings (SSSR count). The lowest BCUT2D eigenvalue weighted by molar-refractivity contribution is 0.222. The highest BCUT2D eigenvalue weighted by atomic mass is 35.5. The van der Waals surface area contributed by atoms with Crippen molar-refractivity contribution in [2.24, 2.45) is 0 Å². The van der Waals surface area contributed by atoms with Gasteiger partial charge in [-0.15, -0.1) is 0 Å². The van der Waals surface area contributed by atoms with Crippen LogP contribution in [0.25, 0.3) is 0 Å². The molecule has 196 valence electrons. The van der Waals surface area contributed by atoms with Crippen LogP contribution in [0.1, 0.15) is 42.4 Å². The first-order chi connectivity index (χ1) is 17.7. The molecule has 2 aliphatic rings. The summed E-state index contributed by atoms with van der Waals surface area (Å²) in [6.07, 6.45) is 8.78. The van der Waals surface area contributed by atoms with Crippen LogP contribution in [-0.2, 0) is 17.4 Å². The van der Waals surface area contributed by atoms with Gasteiger partial charge in [0.25, 0.3) is 0 Å². The Balaban J connectivity index is 1.35. The van der Waals surface area contributed by atoms with Gasteiger partial charge < -0.3 is 20.1 Å². The van der Waals surface area contributed by atoms with Gasteiger partial charge in [-0.2, -0.15) is 4.98 Å². The molecule has 3 aromatic rings. The predicted octanol–water partition coefficient (Wildman–Crippen LogP) is 6.66. The number of fused-ring (bicyclic) bond motifs is 1. The molecule has 0 radical (unpaired) electrons. The minimum Gasteiger partial charge on any atom is -0.338 e. The quantitative estimate of drug-likeness (QED) is 0.269. The summed E-state index contributed by atoms with van der Waals surface area (Å²) in [7, 11) is -2.77. The monoisotopic (exact) mass is 541 g/mol. The lowest BCUT2D eigenvalue weighted by Gasteiger charge is -2.25. The smallest absolute Gasteiger partial charge is 0.229 e. The van der Waals surface area contributed by atoms with Crippen LogP contribution in [0.5, 0.6) is 0 Å². The molecule has 0 amide bonds. The molecule has 1 aromatic heterocycles. The number of benzene rings is 2. The number of hydrogen-bond acceptors (Lipinski definition) is 6. The summed E-state index contributed by atoms with van der Waals surface area (Å²) in [5.41, 5.74) is 4.62. The Morgan fingerprint density at radius 3 is 2.51 bits per heavy atom. The fourth-order valence-electron chi connectivity index (χ4n) is 5.68. The summed E-state index contributed by atoms with van der Waals surface area (Å²) in [6.45, 7) is 7.37. The van der Waals surface area contributed by atoms with E-state index in [2.05, 4.69) is 43.7 Å². The lowest BCUT2D eigenvalue weighted by atomic mass is 10.0. The largest absolute Gasteiger partial charge is 0.338 e. The van der Waals surface area contributed by atoms with Crippen molar-refractivity contribution in [3.8, 4) is 0 Å². The van der Waals surface area contributed by atoms with E-state index in [4.69, 9.17) is 11.6 Å². The molecule has 1 saturated heterocycles. The Labute approximate surface area is 223 Å². The SMILES string of the molecule is Cc1c(F)ccc(Nc2nc(Nc3ccc4c(c3)CC[C@@H](N3CCCC3)CC4)ncc2Cl)c1P(C)(C)=O. The minimum absolute atomic E-state index is 0.315. The van der Waals surface area contributed by atoms with Crippen LogP contribution in [0, 0.1) is 12.7 Å². The fourth-order valence-corrected chi connectivity index (χ4v) is 7.45. The summed E-state index contributed by atoms with van der Waals surface area (Å²) in [5, 5.41) is 7.25. The third-order valence-corrected chi connectivity index (χ3v) is 9.44. The molecule has 0 saturated carbocycles.